The Balaban J connectivity index is 1.27. The molecule has 0 aliphatic heterocycles. The zero-order chi connectivity index (χ0) is 30.4. The Morgan fingerprint density at radius 1 is 1.05 bits per heavy atom. The molecule has 7 rings (SSSR count). The van der Waals surface area contributed by atoms with Crippen molar-refractivity contribution in [3.63, 3.8) is 0 Å². The van der Waals surface area contributed by atoms with Crippen molar-refractivity contribution < 1.29 is 23.4 Å². The molecule has 2 bridgehead atoms. The second-order valence-electron chi connectivity index (χ2n) is 13.4. The van der Waals surface area contributed by atoms with E-state index in [4.69, 9.17) is 9.72 Å². The fraction of sp³-hybridized carbons (Fsp3) is 0.559. The highest BCUT2D eigenvalue weighted by Gasteiger charge is 2.51. The third kappa shape index (κ3) is 5.68. The van der Waals surface area contributed by atoms with Crippen LogP contribution in [0.4, 0.5) is 14.6 Å². The Morgan fingerprint density at radius 3 is 2.28 bits per heavy atom. The number of rotatable bonds is 8. The van der Waals surface area contributed by atoms with Crippen LogP contribution >= 0.6 is 0 Å². The van der Waals surface area contributed by atoms with Gasteiger partial charge in [0, 0.05) is 36.5 Å². The van der Waals surface area contributed by atoms with Gasteiger partial charge in [0.15, 0.2) is 17.4 Å². The summed E-state index contributed by atoms with van der Waals surface area (Å²) in [6.07, 6.45) is 13.0. The van der Waals surface area contributed by atoms with Crippen LogP contribution in [-0.2, 0) is 10.2 Å². The number of methoxy groups -OCH3 is 1. The molecule has 9 heteroatoms. The number of fused-ring (bicyclic) bond motifs is 3. The van der Waals surface area contributed by atoms with Crippen molar-refractivity contribution in [3.8, 4) is 16.9 Å². The number of aromatic nitrogens is 3. The van der Waals surface area contributed by atoms with Crippen molar-refractivity contribution in [3.05, 3.63) is 60.1 Å². The number of anilines is 1. The highest BCUT2D eigenvalue weighted by Crippen LogP contribution is 2.58. The molecule has 1 amide bonds. The van der Waals surface area contributed by atoms with E-state index in [9.17, 15) is 18.7 Å². The second-order valence-corrected chi connectivity index (χ2v) is 13.4. The van der Waals surface area contributed by atoms with Gasteiger partial charge in [-0.05, 0) is 124 Å². The van der Waals surface area contributed by atoms with Gasteiger partial charge in [-0.2, -0.15) is 5.10 Å². The maximum atomic E-state index is 14.7. The Morgan fingerprint density at radius 2 is 1.70 bits per heavy atom. The largest absolute Gasteiger partial charge is 0.491 e. The summed E-state index contributed by atoms with van der Waals surface area (Å²) in [5.74, 6) is -1.09. The maximum Gasteiger partial charge on any atom is 0.231 e. The van der Waals surface area contributed by atoms with Gasteiger partial charge < -0.3 is 9.84 Å². The minimum absolute atomic E-state index is 0.0745. The van der Waals surface area contributed by atoms with Gasteiger partial charge in [0.2, 0.25) is 5.91 Å². The van der Waals surface area contributed by atoms with Crippen LogP contribution in [0.5, 0.6) is 5.75 Å². The zero-order valence-electron chi connectivity index (χ0n) is 25.4. The first-order valence-corrected chi connectivity index (χ1v) is 15.7. The lowest BCUT2D eigenvalue weighted by Gasteiger charge is -2.55. The molecular weight excluding hydrogens is 550 g/mol. The molecule has 43 heavy (non-hydrogen) atoms. The second kappa shape index (κ2) is 11.6. The number of hydrogen-bond donors (Lipinski definition) is 1. The van der Waals surface area contributed by atoms with Crippen LogP contribution in [0.1, 0.15) is 89.7 Å². The van der Waals surface area contributed by atoms with Gasteiger partial charge in [0.1, 0.15) is 5.82 Å². The quantitative estimate of drug-likeness (QED) is 0.305. The molecule has 4 fully saturated rings. The van der Waals surface area contributed by atoms with Crippen LogP contribution in [0.3, 0.4) is 0 Å². The lowest BCUT2D eigenvalue weighted by atomic mass is 9.51. The Kier molecular flexibility index (Phi) is 8.05. The molecule has 2 aromatic heterocycles. The lowest BCUT2D eigenvalue weighted by molar-refractivity contribution is -0.124. The average Bonchev–Trinajstić information content (AvgIpc) is 3.52. The fourth-order valence-corrected chi connectivity index (χ4v) is 7.66. The van der Waals surface area contributed by atoms with Crippen LogP contribution in [0.2, 0.25) is 0 Å². The average molecular weight is 593 g/mol. The van der Waals surface area contributed by atoms with Gasteiger partial charge in [-0.15, -0.1) is 0 Å². The molecular formula is C34H42F2N4O3. The molecule has 7 nitrogen and oxygen atoms in total. The third-order valence-electron chi connectivity index (χ3n) is 10.5. The van der Waals surface area contributed by atoms with Gasteiger partial charge in [-0.25, -0.2) is 13.8 Å². The Labute approximate surface area is 252 Å². The van der Waals surface area contributed by atoms with E-state index in [1.807, 2.05) is 34.1 Å². The molecule has 0 atom stereocenters. The molecule has 230 valence electrons. The molecule has 0 saturated heterocycles. The number of nitrogens with zero attached hydrogens (tertiary/aromatic N) is 4. The summed E-state index contributed by atoms with van der Waals surface area (Å²) < 4.78 is 36.2. The molecule has 3 aromatic rings. The van der Waals surface area contributed by atoms with E-state index in [0.29, 0.717) is 43.6 Å². The molecule has 4 saturated carbocycles. The molecule has 1 aromatic carbocycles. The molecule has 0 spiro atoms. The van der Waals surface area contributed by atoms with Gasteiger partial charge >= 0.3 is 0 Å². The van der Waals surface area contributed by atoms with E-state index in [1.165, 1.54) is 19.2 Å². The number of ether oxygens (including phenoxy) is 1. The maximum absolute atomic E-state index is 14.7. The number of amides is 1. The van der Waals surface area contributed by atoms with Crippen LogP contribution in [-0.4, -0.2) is 45.5 Å². The number of carbonyl (C=O) groups excluding carboxylic acids is 1. The summed E-state index contributed by atoms with van der Waals surface area (Å²) in [6.45, 7) is 4.73. The summed E-state index contributed by atoms with van der Waals surface area (Å²) in [4.78, 5) is 20.8. The molecule has 4 aliphatic rings. The van der Waals surface area contributed by atoms with Gasteiger partial charge in [-0.1, -0.05) is 0 Å². The van der Waals surface area contributed by atoms with Crippen molar-refractivity contribution in [2.45, 2.75) is 95.6 Å². The van der Waals surface area contributed by atoms with E-state index >= 15 is 0 Å². The number of benzene rings is 1. The number of pyridine rings is 1. The number of aliphatic hydroxyl groups excluding tert-OH is 1. The fourth-order valence-electron chi connectivity index (χ4n) is 7.66. The predicted molar refractivity (Wildman–Crippen MR) is 161 cm³/mol. The SMILES string of the molecule is COc1c(F)cc(C23CCC(CN(C(=O)C4CCC(O)CC4)c4cc(-c5cnn(C(C)C)c5)ccn4)(CC2)CC3)cc1F. The molecule has 0 radical (unpaired) electrons. The number of aliphatic hydroxyl groups is 1. The monoisotopic (exact) mass is 592 g/mol. The van der Waals surface area contributed by atoms with E-state index in [-0.39, 0.29) is 40.6 Å². The predicted octanol–water partition coefficient (Wildman–Crippen LogP) is 6.99. The molecule has 1 N–H and O–H groups in total. The summed E-state index contributed by atoms with van der Waals surface area (Å²) in [5, 5.41) is 14.6. The van der Waals surface area contributed by atoms with Crippen LogP contribution in [0.25, 0.3) is 11.1 Å². The van der Waals surface area contributed by atoms with E-state index in [2.05, 4.69) is 18.9 Å². The Bertz CT molecular complexity index is 1430. The van der Waals surface area contributed by atoms with Crippen molar-refractivity contribution >= 4 is 11.7 Å². The first-order chi connectivity index (χ1) is 20.6. The number of carbonyl (C=O) groups is 1. The van der Waals surface area contributed by atoms with Crippen molar-refractivity contribution in [2.24, 2.45) is 11.3 Å². The van der Waals surface area contributed by atoms with Crippen molar-refractivity contribution in [2.75, 3.05) is 18.6 Å². The first kappa shape index (κ1) is 29.7. The lowest BCUT2D eigenvalue weighted by Crippen LogP contribution is -2.52. The minimum atomic E-state index is -0.659. The van der Waals surface area contributed by atoms with Crippen molar-refractivity contribution in [1.82, 2.24) is 14.8 Å². The van der Waals surface area contributed by atoms with E-state index in [1.54, 1.807) is 6.20 Å². The van der Waals surface area contributed by atoms with Gasteiger partial charge in [0.05, 0.1) is 19.4 Å². The molecule has 4 aliphatic carbocycles. The van der Waals surface area contributed by atoms with Gasteiger partial charge in [-0.3, -0.25) is 14.4 Å². The summed E-state index contributed by atoms with van der Waals surface area (Å²) >= 11 is 0. The third-order valence-corrected chi connectivity index (χ3v) is 10.5. The number of halogens is 2. The van der Waals surface area contributed by atoms with E-state index in [0.717, 1.165) is 49.7 Å². The minimum Gasteiger partial charge on any atom is -0.491 e. The van der Waals surface area contributed by atoms with Crippen molar-refractivity contribution in [1.29, 1.82) is 0 Å². The van der Waals surface area contributed by atoms with Gasteiger partial charge in [0.25, 0.3) is 0 Å². The smallest absolute Gasteiger partial charge is 0.231 e. The van der Waals surface area contributed by atoms with E-state index < -0.39 is 11.6 Å². The zero-order valence-corrected chi connectivity index (χ0v) is 25.4. The topological polar surface area (TPSA) is 80.5 Å². The highest BCUT2D eigenvalue weighted by atomic mass is 19.1. The van der Waals surface area contributed by atoms with Crippen LogP contribution in [0.15, 0.2) is 42.9 Å². The summed E-state index contributed by atoms with van der Waals surface area (Å²) in [6, 6.07) is 7.08. The molecule has 0 unspecified atom stereocenters. The standard InChI is InChI=1S/C34H42F2N4O3/c1-22(2)40-20-25(19-38-40)24-8-15-37-30(16-24)39(32(42)23-4-6-27(41)7-5-23)21-33-9-12-34(13-10-33,14-11-33)26-17-28(35)31(43-3)29(36)18-26/h8,15-20,22-23,27,41H,4-7,9-14,21H2,1-3H3. The molecule has 2 heterocycles. The first-order valence-electron chi connectivity index (χ1n) is 15.7. The number of hydrogen-bond acceptors (Lipinski definition) is 5. The Hall–Kier alpha value is -3.33. The van der Waals surface area contributed by atoms with Crippen LogP contribution < -0.4 is 9.64 Å². The van der Waals surface area contributed by atoms with Crippen LogP contribution in [0, 0.1) is 23.0 Å². The highest BCUT2D eigenvalue weighted by molar-refractivity contribution is 5.95. The summed E-state index contributed by atoms with van der Waals surface area (Å²) in [5.41, 5.74) is 2.29. The normalized spacial score (nSPS) is 27.0. The summed E-state index contributed by atoms with van der Waals surface area (Å²) in [7, 11) is 1.28.